The molecule has 2 N–H and O–H groups in total. The molecule has 20 heavy (non-hydrogen) atoms. The molecule has 0 aliphatic heterocycles. The zero-order chi connectivity index (χ0) is 15.3. The maximum Gasteiger partial charge on any atom is 0.227 e. The first-order valence-electron chi connectivity index (χ1n) is 6.61. The Morgan fingerprint density at radius 1 is 1.25 bits per heavy atom. The molecule has 1 rings (SSSR count). The van der Waals surface area contributed by atoms with Gasteiger partial charge in [-0.3, -0.25) is 9.59 Å². The van der Waals surface area contributed by atoms with Gasteiger partial charge in [0, 0.05) is 24.3 Å². The average Bonchev–Trinajstić information content (AvgIpc) is 2.76. The van der Waals surface area contributed by atoms with Crippen molar-refractivity contribution in [1.29, 1.82) is 0 Å². The van der Waals surface area contributed by atoms with Gasteiger partial charge in [0.15, 0.2) is 0 Å². The summed E-state index contributed by atoms with van der Waals surface area (Å²) in [6, 6.07) is 0. The number of amides is 2. The molecule has 112 valence electrons. The van der Waals surface area contributed by atoms with Gasteiger partial charge in [-0.1, -0.05) is 46.0 Å². The van der Waals surface area contributed by atoms with Crippen LogP contribution in [-0.2, 0) is 9.59 Å². The van der Waals surface area contributed by atoms with Crippen molar-refractivity contribution in [2.24, 2.45) is 5.41 Å². The molecule has 0 spiro atoms. The lowest BCUT2D eigenvalue weighted by Gasteiger charge is -2.17. The number of aromatic nitrogens is 2. The molecular formula is C13H22N4O2S. The monoisotopic (exact) mass is 298 g/mol. The molecule has 0 bridgehead atoms. The standard InChI is InChI=1S/C13H22N4O2S/c1-8(2)10-16-17-12(20-10)15-9(18)6-7-14-11(19)13(3,4)5/h8H,6-7H2,1-5H3,(H,14,19)(H,15,17,18). The highest BCUT2D eigenvalue weighted by Crippen LogP contribution is 2.22. The van der Waals surface area contributed by atoms with Gasteiger partial charge in [-0.2, -0.15) is 0 Å². The predicted octanol–water partition coefficient (Wildman–Crippen LogP) is 2.15. The smallest absolute Gasteiger partial charge is 0.227 e. The van der Waals surface area contributed by atoms with Gasteiger partial charge < -0.3 is 10.6 Å². The fourth-order valence-electron chi connectivity index (χ4n) is 1.25. The van der Waals surface area contributed by atoms with Gasteiger partial charge in [-0.15, -0.1) is 10.2 Å². The number of hydrogen-bond donors (Lipinski definition) is 2. The Morgan fingerprint density at radius 3 is 2.40 bits per heavy atom. The Bertz CT molecular complexity index is 477. The van der Waals surface area contributed by atoms with E-state index in [1.54, 1.807) is 0 Å². The van der Waals surface area contributed by atoms with Crippen molar-refractivity contribution in [3.63, 3.8) is 0 Å². The number of anilines is 1. The molecule has 0 fully saturated rings. The zero-order valence-corrected chi connectivity index (χ0v) is 13.4. The summed E-state index contributed by atoms with van der Waals surface area (Å²) in [7, 11) is 0. The second-order valence-corrected chi connectivity index (χ2v) is 6.91. The molecule has 0 saturated carbocycles. The minimum absolute atomic E-state index is 0.0664. The van der Waals surface area contributed by atoms with Crippen LogP contribution in [0.25, 0.3) is 0 Å². The molecule has 0 aliphatic rings. The van der Waals surface area contributed by atoms with E-state index in [1.165, 1.54) is 11.3 Å². The van der Waals surface area contributed by atoms with Crippen LogP contribution in [0, 0.1) is 5.41 Å². The molecule has 2 amide bonds. The Morgan fingerprint density at radius 2 is 1.90 bits per heavy atom. The van der Waals surface area contributed by atoms with Crippen LogP contribution in [0.3, 0.4) is 0 Å². The number of hydrogen-bond acceptors (Lipinski definition) is 5. The molecule has 0 radical (unpaired) electrons. The van der Waals surface area contributed by atoms with Gasteiger partial charge in [-0.25, -0.2) is 0 Å². The molecule has 0 saturated heterocycles. The lowest BCUT2D eigenvalue weighted by Crippen LogP contribution is -2.36. The van der Waals surface area contributed by atoms with Crippen molar-refractivity contribution < 1.29 is 9.59 Å². The van der Waals surface area contributed by atoms with Crippen LogP contribution in [0.1, 0.15) is 52.0 Å². The second-order valence-electron chi connectivity index (χ2n) is 5.90. The van der Waals surface area contributed by atoms with Crippen LogP contribution in [0.2, 0.25) is 0 Å². The fourth-order valence-corrected chi connectivity index (χ4v) is 2.02. The third-order valence-electron chi connectivity index (χ3n) is 2.50. The quantitative estimate of drug-likeness (QED) is 0.872. The maximum atomic E-state index is 11.7. The van der Waals surface area contributed by atoms with E-state index in [0.717, 1.165) is 5.01 Å². The number of nitrogens with one attached hydrogen (secondary N) is 2. The van der Waals surface area contributed by atoms with E-state index >= 15 is 0 Å². The van der Waals surface area contributed by atoms with E-state index in [-0.39, 0.29) is 18.2 Å². The first-order chi connectivity index (χ1) is 9.20. The topological polar surface area (TPSA) is 84.0 Å². The summed E-state index contributed by atoms with van der Waals surface area (Å²) in [5, 5.41) is 14.7. The third kappa shape index (κ3) is 5.24. The number of carbonyl (C=O) groups is 2. The van der Waals surface area contributed by atoms with Crippen molar-refractivity contribution in [2.45, 2.75) is 47.0 Å². The first-order valence-corrected chi connectivity index (χ1v) is 7.43. The first kappa shape index (κ1) is 16.6. The van der Waals surface area contributed by atoms with E-state index in [1.807, 2.05) is 34.6 Å². The summed E-state index contributed by atoms with van der Waals surface area (Å²) in [6.45, 7) is 9.85. The largest absolute Gasteiger partial charge is 0.355 e. The predicted molar refractivity (Wildman–Crippen MR) is 79.7 cm³/mol. The van der Waals surface area contributed by atoms with E-state index < -0.39 is 5.41 Å². The highest BCUT2D eigenvalue weighted by Gasteiger charge is 2.20. The summed E-state index contributed by atoms with van der Waals surface area (Å²) >= 11 is 1.37. The van der Waals surface area contributed by atoms with E-state index in [2.05, 4.69) is 20.8 Å². The SMILES string of the molecule is CC(C)c1nnc(NC(=O)CCNC(=O)C(C)(C)C)s1. The summed E-state index contributed by atoms with van der Waals surface area (Å²) in [4.78, 5) is 23.3. The summed E-state index contributed by atoms with van der Waals surface area (Å²) in [5.41, 5.74) is -0.443. The second kappa shape index (κ2) is 6.78. The van der Waals surface area contributed by atoms with E-state index in [9.17, 15) is 9.59 Å². The van der Waals surface area contributed by atoms with Crippen molar-refractivity contribution in [2.75, 3.05) is 11.9 Å². The third-order valence-corrected chi connectivity index (χ3v) is 3.64. The minimum atomic E-state index is -0.443. The molecule has 0 unspecified atom stereocenters. The number of nitrogens with zero attached hydrogens (tertiary/aromatic N) is 2. The summed E-state index contributed by atoms with van der Waals surface area (Å²) in [6.07, 6.45) is 0.221. The molecule has 1 aromatic rings. The van der Waals surface area contributed by atoms with Crippen molar-refractivity contribution >= 4 is 28.3 Å². The van der Waals surface area contributed by atoms with Crippen LogP contribution in [0.5, 0.6) is 0 Å². The van der Waals surface area contributed by atoms with E-state index in [0.29, 0.717) is 17.6 Å². The number of carbonyl (C=O) groups excluding carboxylic acids is 2. The van der Waals surface area contributed by atoms with Crippen molar-refractivity contribution in [3.05, 3.63) is 5.01 Å². The van der Waals surface area contributed by atoms with Gasteiger partial charge in [0.1, 0.15) is 5.01 Å². The van der Waals surface area contributed by atoms with Gasteiger partial charge in [-0.05, 0) is 0 Å². The molecule has 1 aromatic heterocycles. The van der Waals surface area contributed by atoms with Crippen molar-refractivity contribution in [3.8, 4) is 0 Å². The molecule has 0 aromatic carbocycles. The van der Waals surface area contributed by atoms with Crippen LogP contribution < -0.4 is 10.6 Å². The fraction of sp³-hybridized carbons (Fsp3) is 0.692. The van der Waals surface area contributed by atoms with Crippen LogP contribution in [0.4, 0.5) is 5.13 Å². The Labute approximate surface area is 123 Å². The molecule has 6 nitrogen and oxygen atoms in total. The lowest BCUT2D eigenvalue weighted by molar-refractivity contribution is -0.128. The molecule has 7 heteroatoms. The average molecular weight is 298 g/mol. The Balaban J connectivity index is 2.35. The van der Waals surface area contributed by atoms with Crippen molar-refractivity contribution in [1.82, 2.24) is 15.5 Å². The van der Waals surface area contributed by atoms with E-state index in [4.69, 9.17) is 0 Å². The minimum Gasteiger partial charge on any atom is -0.355 e. The van der Waals surface area contributed by atoms with Gasteiger partial charge in [0.25, 0.3) is 0 Å². The van der Waals surface area contributed by atoms with Gasteiger partial charge >= 0.3 is 0 Å². The molecule has 0 atom stereocenters. The Hall–Kier alpha value is -1.50. The molecular weight excluding hydrogens is 276 g/mol. The summed E-state index contributed by atoms with van der Waals surface area (Å²) < 4.78 is 0. The zero-order valence-electron chi connectivity index (χ0n) is 12.6. The summed E-state index contributed by atoms with van der Waals surface area (Å²) in [5.74, 6) is 0.0539. The van der Waals surface area contributed by atoms with Gasteiger partial charge in [0.05, 0.1) is 0 Å². The van der Waals surface area contributed by atoms with Crippen LogP contribution in [0.15, 0.2) is 0 Å². The van der Waals surface area contributed by atoms with Crippen LogP contribution in [-0.4, -0.2) is 28.6 Å². The lowest BCUT2D eigenvalue weighted by atomic mass is 9.96. The maximum absolute atomic E-state index is 11.7. The normalized spacial score (nSPS) is 11.5. The molecule has 0 aliphatic carbocycles. The number of rotatable bonds is 5. The Kier molecular flexibility index (Phi) is 5.62. The highest BCUT2D eigenvalue weighted by molar-refractivity contribution is 7.15. The van der Waals surface area contributed by atoms with Gasteiger partial charge in [0.2, 0.25) is 16.9 Å². The highest BCUT2D eigenvalue weighted by atomic mass is 32.1. The van der Waals surface area contributed by atoms with Crippen LogP contribution >= 0.6 is 11.3 Å². The molecule has 1 heterocycles.